The molecule has 1 rings (SSSR count). The molecule has 0 aliphatic heterocycles. The summed E-state index contributed by atoms with van der Waals surface area (Å²) in [7, 11) is 5.30. The van der Waals surface area contributed by atoms with Crippen molar-refractivity contribution in [3.63, 3.8) is 0 Å². The quantitative estimate of drug-likeness (QED) is 0.477. The van der Waals surface area contributed by atoms with Crippen LogP contribution in [0, 0.1) is 0 Å². The van der Waals surface area contributed by atoms with Gasteiger partial charge in [0.1, 0.15) is 0 Å². The maximum absolute atomic E-state index is 5.30. The molecule has 1 aromatic heterocycles. The normalized spacial score (nSPS) is 9.14. The fourth-order valence-corrected chi connectivity index (χ4v) is 1.09. The van der Waals surface area contributed by atoms with E-state index in [4.69, 9.17) is 7.85 Å². The van der Waals surface area contributed by atoms with Gasteiger partial charge in [-0.15, -0.1) is 0 Å². The second-order valence-corrected chi connectivity index (χ2v) is 2.12. The average Bonchev–Trinajstić information content (AvgIpc) is 2.14. The van der Waals surface area contributed by atoms with Gasteiger partial charge >= 0.3 is 0 Å². The van der Waals surface area contributed by atoms with Gasteiger partial charge in [0.2, 0.25) is 0 Å². The topological polar surface area (TPSA) is 0 Å². The molecule has 0 nitrogen and oxygen atoms in total. The number of thiophene rings is 1. The minimum absolute atomic E-state index is 0.670. The van der Waals surface area contributed by atoms with Crippen molar-refractivity contribution in [3.05, 3.63) is 22.4 Å². The highest BCUT2D eigenvalue weighted by Crippen LogP contribution is 2.03. The van der Waals surface area contributed by atoms with Gasteiger partial charge in [-0.2, -0.15) is 11.3 Å². The van der Waals surface area contributed by atoms with Crippen molar-refractivity contribution in [2.75, 3.05) is 0 Å². The van der Waals surface area contributed by atoms with Gasteiger partial charge in [-0.3, -0.25) is 0 Å². The lowest BCUT2D eigenvalue weighted by Crippen LogP contribution is -1.73. The Labute approximate surface area is 48.6 Å². The average molecular weight is 108 g/mol. The number of hydrogen-bond donors (Lipinski definition) is 0. The van der Waals surface area contributed by atoms with E-state index in [9.17, 15) is 0 Å². The van der Waals surface area contributed by atoms with Crippen LogP contribution in [-0.2, 0) is 6.32 Å². The van der Waals surface area contributed by atoms with Gasteiger partial charge in [0.25, 0.3) is 0 Å². The summed E-state index contributed by atoms with van der Waals surface area (Å²) in [5.74, 6) is 0. The molecule has 0 saturated carbocycles. The second-order valence-electron chi connectivity index (χ2n) is 1.34. The Morgan fingerprint density at radius 3 is 2.86 bits per heavy atom. The molecule has 0 fully saturated rings. The highest BCUT2D eigenvalue weighted by atomic mass is 32.1. The third-order valence-corrected chi connectivity index (χ3v) is 1.55. The van der Waals surface area contributed by atoms with Crippen molar-refractivity contribution >= 4 is 19.2 Å². The van der Waals surface area contributed by atoms with E-state index >= 15 is 0 Å². The third kappa shape index (κ3) is 1.06. The zero-order chi connectivity index (χ0) is 5.11. The van der Waals surface area contributed by atoms with Crippen LogP contribution < -0.4 is 0 Å². The smallest absolute Gasteiger partial charge is 0.0717 e. The second kappa shape index (κ2) is 2.17. The molecule has 1 aromatic rings. The van der Waals surface area contributed by atoms with Gasteiger partial charge in [0, 0.05) is 0 Å². The molecule has 0 aromatic carbocycles. The van der Waals surface area contributed by atoms with E-state index in [1.165, 1.54) is 5.56 Å². The Hall–Kier alpha value is -0.235. The standard InChI is InChI=1S/C5H5BS/c6-3-5-1-2-7-4-5/h1-2,4H,3H2. The summed E-state index contributed by atoms with van der Waals surface area (Å²) in [5, 5.41) is 4.09. The van der Waals surface area contributed by atoms with Crippen LogP contribution in [0.1, 0.15) is 5.56 Å². The molecular formula is C5H5BS. The molecule has 2 radical (unpaired) electrons. The highest BCUT2D eigenvalue weighted by molar-refractivity contribution is 7.08. The molecule has 0 atom stereocenters. The molecular weight excluding hydrogens is 103 g/mol. The Morgan fingerprint density at radius 2 is 2.57 bits per heavy atom. The Kier molecular flexibility index (Phi) is 1.52. The van der Waals surface area contributed by atoms with Crippen LogP contribution in [0.5, 0.6) is 0 Å². The lowest BCUT2D eigenvalue weighted by Gasteiger charge is -1.78. The predicted octanol–water partition coefficient (Wildman–Crippen LogP) is 1.42. The van der Waals surface area contributed by atoms with Crippen molar-refractivity contribution in [1.29, 1.82) is 0 Å². The fourth-order valence-electron chi connectivity index (χ4n) is 0.409. The van der Waals surface area contributed by atoms with Crippen LogP contribution in [0.2, 0.25) is 0 Å². The largest absolute Gasteiger partial charge is 0.152 e. The third-order valence-electron chi connectivity index (χ3n) is 0.816. The van der Waals surface area contributed by atoms with Crippen LogP contribution in [0.25, 0.3) is 0 Å². The molecule has 7 heavy (non-hydrogen) atoms. The summed E-state index contributed by atoms with van der Waals surface area (Å²) in [6.07, 6.45) is 0.670. The first kappa shape index (κ1) is 4.91. The van der Waals surface area contributed by atoms with E-state index < -0.39 is 0 Å². The Balaban J connectivity index is 2.76. The van der Waals surface area contributed by atoms with Crippen molar-refractivity contribution in [2.45, 2.75) is 6.32 Å². The molecule has 0 unspecified atom stereocenters. The Morgan fingerprint density at radius 1 is 1.71 bits per heavy atom. The van der Waals surface area contributed by atoms with Gasteiger partial charge < -0.3 is 0 Å². The summed E-state index contributed by atoms with van der Waals surface area (Å²) in [4.78, 5) is 0. The van der Waals surface area contributed by atoms with E-state index in [0.29, 0.717) is 6.32 Å². The highest BCUT2D eigenvalue weighted by Gasteiger charge is 1.82. The Bertz CT molecular complexity index is 123. The van der Waals surface area contributed by atoms with Crippen molar-refractivity contribution in [2.24, 2.45) is 0 Å². The van der Waals surface area contributed by atoms with Crippen molar-refractivity contribution in [3.8, 4) is 0 Å². The molecule has 0 amide bonds. The van der Waals surface area contributed by atoms with Crippen LogP contribution in [-0.4, -0.2) is 7.85 Å². The SMILES string of the molecule is [B]Cc1ccsc1. The zero-order valence-electron chi connectivity index (χ0n) is 3.92. The van der Waals surface area contributed by atoms with Gasteiger partial charge in [-0.1, -0.05) is 6.32 Å². The van der Waals surface area contributed by atoms with Gasteiger partial charge in [-0.05, 0) is 22.4 Å². The van der Waals surface area contributed by atoms with Crippen LogP contribution >= 0.6 is 11.3 Å². The summed E-state index contributed by atoms with van der Waals surface area (Å²) in [6.45, 7) is 0. The first-order valence-electron chi connectivity index (χ1n) is 2.14. The first-order chi connectivity index (χ1) is 3.43. The molecule has 34 valence electrons. The summed E-state index contributed by atoms with van der Waals surface area (Å²) >= 11 is 1.68. The molecule has 0 bridgehead atoms. The van der Waals surface area contributed by atoms with Gasteiger partial charge in [0.05, 0.1) is 7.85 Å². The lowest BCUT2D eigenvalue weighted by atomic mass is 10.0. The molecule has 0 aliphatic rings. The van der Waals surface area contributed by atoms with E-state index in [-0.39, 0.29) is 0 Å². The summed E-state index contributed by atoms with van der Waals surface area (Å²) in [5.41, 5.74) is 1.23. The minimum Gasteiger partial charge on any atom is -0.152 e. The fraction of sp³-hybridized carbons (Fsp3) is 0.200. The monoisotopic (exact) mass is 108 g/mol. The van der Waals surface area contributed by atoms with Crippen LogP contribution in [0.4, 0.5) is 0 Å². The molecule has 0 aliphatic carbocycles. The molecule has 1 heterocycles. The van der Waals surface area contributed by atoms with Crippen LogP contribution in [0.3, 0.4) is 0 Å². The summed E-state index contributed by atoms with van der Waals surface area (Å²) < 4.78 is 0. The predicted molar refractivity (Wildman–Crippen MR) is 33.8 cm³/mol. The number of rotatable bonds is 1. The van der Waals surface area contributed by atoms with Crippen molar-refractivity contribution in [1.82, 2.24) is 0 Å². The molecule has 2 heteroatoms. The minimum atomic E-state index is 0.670. The van der Waals surface area contributed by atoms with Gasteiger partial charge in [0.15, 0.2) is 0 Å². The van der Waals surface area contributed by atoms with E-state index in [0.717, 1.165) is 0 Å². The van der Waals surface area contributed by atoms with Gasteiger partial charge in [-0.25, -0.2) is 0 Å². The van der Waals surface area contributed by atoms with E-state index in [1.807, 2.05) is 11.4 Å². The molecule has 0 saturated heterocycles. The molecule has 0 N–H and O–H groups in total. The maximum Gasteiger partial charge on any atom is 0.0717 e. The number of hydrogen-bond acceptors (Lipinski definition) is 1. The van der Waals surface area contributed by atoms with E-state index in [1.54, 1.807) is 11.3 Å². The van der Waals surface area contributed by atoms with E-state index in [2.05, 4.69) is 5.38 Å². The summed E-state index contributed by atoms with van der Waals surface area (Å²) in [6, 6.07) is 2.03. The van der Waals surface area contributed by atoms with Crippen molar-refractivity contribution < 1.29 is 0 Å². The maximum atomic E-state index is 5.30. The molecule has 0 spiro atoms. The zero-order valence-corrected chi connectivity index (χ0v) is 4.74. The first-order valence-corrected chi connectivity index (χ1v) is 3.09. The van der Waals surface area contributed by atoms with Crippen LogP contribution in [0.15, 0.2) is 16.8 Å². The lowest BCUT2D eigenvalue weighted by molar-refractivity contribution is 1.46.